The molecule has 5 nitrogen and oxygen atoms in total. The van der Waals surface area contributed by atoms with Gasteiger partial charge in [-0.2, -0.15) is 4.98 Å². The molecule has 146 valence electrons. The van der Waals surface area contributed by atoms with E-state index < -0.39 is 17.3 Å². The highest BCUT2D eigenvalue weighted by Crippen LogP contribution is 2.46. The van der Waals surface area contributed by atoms with Crippen molar-refractivity contribution in [2.45, 2.75) is 19.9 Å². The summed E-state index contributed by atoms with van der Waals surface area (Å²) in [6.45, 7) is 4.63. The molecule has 1 unspecified atom stereocenters. The van der Waals surface area contributed by atoms with Gasteiger partial charge < -0.3 is 9.64 Å². The Morgan fingerprint density at radius 2 is 2.11 bits per heavy atom. The van der Waals surface area contributed by atoms with E-state index in [9.17, 15) is 13.6 Å². The number of benzene rings is 2. The molecule has 0 bridgehead atoms. The Hall–Kier alpha value is -2.67. The third kappa shape index (κ3) is 2.73. The molecule has 0 spiro atoms. The number of hydrogen-bond donors (Lipinski definition) is 0. The molecular weight excluding hydrogens is 388 g/mol. The molecule has 0 saturated carbocycles. The number of anilines is 1. The lowest BCUT2D eigenvalue weighted by molar-refractivity contribution is 0.244. The lowest BCUT2D eigenvalue weighted by atomic mass is 10.00. The van der Waals surface area contributed by atoms with Crippen LogP contribution in [0.1, 0.15) is 19.9 Å². The third-order valence-corrected chi connectivity index (χ3v) is 5.34. The van der Waals surface area contributed by atoms with Crippen LogP contribution in [0.4, 0.5) is 14.6 Å². The predicted molar refractivity (Wildman–Crippen MR) is 106 cm³/mol. The highest BCUT2D eigenvalue weighted by atomic mass is 35.5. The molecule has 0 radical (unpaired) electrons. The van der Waals surface area contributed by atoms with E-state index in [0.29, 0.717) is 34.6 Å². The first-order valence-corrected chi connectivity index (χ1v) is 9.29. The largest absolute Gasteiger partial charge is 0.489 e. The Morgan fingerprint density at radius 1 is 1.36 bits per heavy atom. The predicted octanol–water partition coefficient (Wildman–Crippen LogP) is 4.40. The first-order valence-electron chi connectivity index (χ1n) is 8.91. The van der Waals surface area contributed by atoms with Crippen LogP contribution in [0.3, 0.4) is 0 Å². The van der Waals surface area contributed by atoms with Crippen molar-refractivity contribution < 1.29 is 13.5 Å². The van der Waals surface area contributed by atoms with Crippen LogP contribution < -0.4 is 15.3 Å². The van der Waals surface area contributed by atoms with Crippen molar-refractivity contribution in [1.82, 2.24) is 9.55 Å². The molecule has 0 N–H and O–H groups in total. The number of nitrogens with zero attached hydrogens (tertiary/aromatic N) is 3. The van der Waals surface area contributed by atoms with E-state index in [2.05, 4.69) is 4.98 Å². The lowest BCUT2D eigenvalue weighted by Gasteiger charge is -2.29. The maximum absolute atomic E-state index is 14.5. The minimum Gasteiger partial charge on any atom is -0.489 e. The van der Waals surface area contributed by atoms with Crippen molar-refractivity contribution in [2.75, 3.05) is 25.1 Å². The van der Waals surface area contributed by atoms with Crippen molar-refractivity contribution in [3.63, 3.8) is 0 Å². The second kappa shape index (κ2) is 6.74. The monoisotopic (exact) mass is 405 g/mol. The molecule has 0 saturated heterocycles. The molecule has 2 heterocycles. The van der Waals surface area contributed by atoms with Crippen molar-refractivity contribution in [2.24, 2.45) is 0 Å². The average Bonchev–Trinajstić information content (AvgIpc) is 2.65. The molecule has 4 rings (SSSR count). The zero-order chi connectivity index (χ0) is 20.2. The number of hydrogen-bond acceptors (Lipinski definition) is 4. The van der Waals surface area contributed by atoms with Gasteiger partial charge in [0.15, 0.2) is 5.75 Å². The zero-order valence-corrected chi connectivity index (χ0v) is 16.3. The van der Waals surface area contributed by atoms with Crippen molar-refractivity contribution in [3.8, 4) is 16.9 Å². The maximum Gasteiger partial charge on any atom is 0.350 e. The highest BCUT2D eigenvalue weighted by Gasteiger charge is 2.29. The molecular formula is C20H18ClF2N3O2. The van der Waals surface area contributed by atoms with Crippen molar-refractivity contribution in [1.29, 1.82) is 0 Å². The minimum atomic E-state index is -0.756. The van der Waals surface area contributed by atoms with Gasteiger partial charge in [-0.1, -0.05) is 11.6 Å². The summed E-state index contributed by atoms with van der Waals surface area (Å²) < 4.78 is 35.4. The fraction of sp³-hybridized carbons (Fsp3) is 0.300. The first-order chi connectivity index (χ1) is 13.3. The van der Waals surface area contributed by atoms with Gasteiger partial charge in [0, 0.05) is 36.2 Å². The molecule has 0 fully saturated rings. The van der Waals surface area contributed by atoms with Gasteiger partial charge in [0.2, 0.25) is 0 Å². The van der Waals surface area contributed by atoms with Gasteiger partial charge in [-0.05, 0) is 32.0 Å². The third-order valence-electron chi connectivity index (χ3n) is 5.04. The van der Waals surface area contributed by atoms with Gasteiger partial charge in [-0.3, -0.25) is 4.57 Å². The highest BCUT2D eigenvalue weighted by molar-refractivity contribution is 6.35. The fourth-order valence-electron chi connectivity index (χ4n) is 3.54. The summed E-state index contributed by atoms with van der Waals surface area (Å²) in [5.74, 6) is -0.662. The Morgan fingerprint density at radius 3 is 2.79 bits per heavy atom. The number of rotatable bonds is 3. The van der Waals surface area contributed by atoms with Gasteiger partial charge in [-0.25, -0.2) is 13.6 Å². The summed E-state index contributed by atoms with van der Waals surface area (Å²) >= 11 is 6.53. The number of ether oxygens (including phenoxy) is 1. The Labute approximate surface area is 165 Å². The van der Waals surface area contributed by atoms with E-state index in [4.69, 9.17) is 16.3 Å². The molecule has 0 amide bonds. The van der Waals surface area contributed by atoms with E-state index in [0.717, 1.165) is 12.1 Å². The summed E-state index contributed by atoms with van der Waals surface area (Å²) in [5.41, 5.74) is 0.506. The standard InChI is InChI=1S/C20H18ClF2N3O2/c1-4-25(3)19-13-8-14(21)16(12-6-5-11(22)7-15(12)23)18-17(13)26(20(27)24-19)10(2)9-28-18/h5-8,10H,4,9H2,1-3H3. The zero-order valence-electron chi connectivity index (χ0n) is 15.6. The smallest absolute Gasteiger partial charge is 0.350 e. The van der Waals surface area contributed by atoms with Crippen LogP contribution in [0.2, 0.25) is 5.02 Å². The van der Waals surface area contributed by atoms with E-state index in [1.165, 1.54) is 6.07 Å². The van der Waals surface area contributed by atoms with E-state index in [1.54, 1.807) is 10.6 Å². The molecule has 2 aromatic carbocycles. The second-order valence-electron chi connectivity index (χ2n) is 6.85. The maximum atomic E-state index is 14.5. The van der Waals surface area contributed by atoms with Gasteiger partial charge in [0.1, 0.15) is 24.1 Å². The van der Waals surface area contributed by atoms with Crippen molar-refractivity contribution >= 4 is 28.3 Å². The summed E-state index contributed by atoms with van der Waals surface area (Å²) in [5, 5.41) is 0.877. The Kier molecular flexibility index (Phi) is 4.50. The molecule has 3 aromatic rings. The van der Waals surface area contributed by atoms with Crippen LogP contribution >= 0.6 is 11.6 Å². The Bertz CT molecular complexity index is 1160. The topological polar surface area (TPSA) is 47.4 Å². The van der Waals surface area contributed by atoms with Crippen LogP contribution in [0.5, 0.6) is 5.75 Å². The molecule has 0 aliphatic carbocycles. The summed E-state index contributed by atoms with van der Waals surface area (Å²) in [6, 6.07) is 4.68. The number of aromatic nitrogens is 2. The quantitative estimate of drug-likeness (QED) is 0.647. The molecule has 1 atom stereocenters. The molecule has 28 heavy (non-hydrogen) atoms. The van der Waals surface area contributed by atoms with Gasteiger partial charge in [0.05, 0.1) is 16.6 Å². The summed E-state index contributed by atoms with van der Waals surface area (Å²) in [7, 11) is 1.82. The van der Waals surface area contributed by atoms with Gasteiger partial charge >= 0.3 is 5.69 Å². The average molecular weight is 406 g/mol. The Balaban J connectivity index is 2.16. The van der Waals surface area contributed by atoms with Crippen LogP contribution in [-0.2, 0) is 0 Å². The van der Waals surface area contributed by atoms with E-state index in [1.807, 2.05) is 25.8 Å². The van der Waals surface area contributed by atoms with Crippen LogP contribution in [0.15, 0.2) is 29.1 Å². The normalized spacial score (nSPS) is 15.6. The molecule has 8 heteroatoms. The first kappa shape index (κ1) is 18.7. The molecule has 1 aromatic heterocycles. The second-order valence-corrected chi connectivity index (χ2v) is 7.25. The van der Waals surface area contributed by atoms with Crippen LogP contribution in [0.25, 0.3) is 22.0 Å². The lowest BCUT2D eigenvalue weighted by Crippen LogP contribution is -2.34. The summed E-state index contributed by atoms with van der Waals surface area (Å²) in [6.07, 6.45) is 0. The SMILES string of the molecule is CCN(C)c1nc(=O)n2c3c(c(-c4ccc(F)cc4F)c(Cl)cc13)OCC2C. The number of halogens is 3. The fourth-order valence-corrected chi connectivity index (χ4v) is 3.83. The van der Waals surface area contributed by atoms with E-state index in [-0.39, 0.29) is 23.2 Å². The van der Waals surface area contributed by atoms with Crippen molar-refractivity contribution in [3.05, 3.63) is 51.4 Å². The van der Waals surface area contributed by atoms with Gasteiger partial charge in [0.25, 0.3) is 0 Å². The van der Waals surface area contributed by atoms with E-state index >= 15 is 0 Å². The van der Waals surface area contributed by atoms with Gasteiger partial charge in [-0.15, -0.1) is 0 Å². The molecule has 1 aliphatic rings. The molecule has 1 aliphatic heterocycles. The summed E-state index contributed by atoms with van der Waals surface area (Å²) in [4.78, 5) is 18.8. The van der Waals surface area contributed by atoms with Crippen LogP contribution in [-0.4, -0.2) is 29.8 Å². The minimum absolute atomic E-state index is 0.110. The van der Waals surface area contributed by atoms with Crippen LogP contribution in [0, 0.1) is 11.6 Å².